The van der Waals surface area contributed by atoms with E-state index in [1.54, 1.807) is 0 Å². The van der Waals surface area contributed by atoms with Crippen molar-refractivity contribution in [1.82, 2.24) is 0 Å². The maximum absolute atomic E-state index is 10.4. The third kappa shape index (κ3) is 7.63. The first-order valence-electron chi connectivity index (χ1n) is 3.95. The van der Waals surface area contributed by atoms with Gasteiger partial charge in [0.25, 0.3) is 0 Å². The summed E-state index contributed by atoms with van der Waals surface area (Å²) in [5.74, 6) is -0.754. The molecule has 0 heterocycles. The molecule has 0 radical (unpaired) electrons. The quantitative estimate of drug-likeness (QED) is 0.685. The Labute approximate surface area is 119 Å². The van der Waals surface area contributed by atoms with Gasteiger partial charge in [-0.15, -0.1) is 0 Å². The predicted octanol–water partition coefficient (Wildman–Crippen LogP) is -0.596. The summed E-state index contributed by atoms with van der Waals surface area (Å²) >= 11 is 0. The fourth-order valence-corrected chi connectivity index (χ4v) is 0.953. The molecule has 0 aromatic carbocycles. The minimum atomic E-state index is -0.643. The molecule has 0 saturated heterocycles. The summed E-state index contributed by atoms with van der Waals surface area (Å²) in [5, 5.41) is 8.60. The van der Waals surface area contributed by atoms with Crippen LogP contribution in [0.2, 0.25) is 0 Å². The van der Waals surface area contributed by atoms with Crippen LogP contribution in [0.5, 0.6) is 0 Å². The predicted molar refractivity (Wildman–Crippen MR) is 42.1 cm³/mol. The molecular weight excluding hydrogens is 214 g/mol. The first-order valence-corrected chi connectivity index (χ1v) is 3.95. The zero-order valence-electron chi connectivity index (χ0n) is 8.76. The van der Waals surface area contributed by atoms with Crippen LogP contribution in [0, 0.1) is 5.92 Å². The Morgan fingerprint density at radius 3 is 2.36 bits per heavy atom. The Hall–Kier alpha value is 1.28. The maximum atomic E-state index is 10.4. The molecule has 1 unspecified atom stereocenters. The van der Waals surface area contributed by atoms with Crippen LogP contribution in [-0.4, -0.2) is 11.1 Å². The van der Waals surface area contributed by atoms with Crippen molar-refractivity contribution in [3.8, 4) is 0 Å². The molecule has 3 heteroatoms. The Bertz CT molecular complexity index is 109. The SMILES string of the molecule is CCCCC(CC)C(=O)O.[H-].[Rb+]. The standard InChI is InChI=1S/C8H16O2.Rb.H/c1-3-5-6-7(4-2)8(9)10;;/h7H,3-6H2,1-2H3,(H,9,10);;/q;+1;-1. The molecule has 0 amide bonds. The number of rotatable bonds is 5. The molecule has 11 heavy (non-hydrogen) atoms. The van der Waals surface area contributed by atoms with E-state index in [-0.39, 0.29) is 65.5 Å². The van der Waals surface area contributed by atoms with Crippen LogP contribution in [-0.2, 0) is 4.79 Å². The number of hydrogen-bond donors (Lipinski definition) is 1. The summed E-state index contributed by atoms with van der Waals surface area (Å²) in [6.45, 7) is 4.00. The van der Waals surface area contributed by atoms with Crippen molar-refractivity contribution in [2.45, 2.75) is 39.5 Å². The van der Waals surface area contributed by atoms with E-state index in [0.717, 1.165) is 25.7 Å². The monoisotopic (exact) mass is 230 g/mol. The van der Waals surface area contributed by atoms with Crippen LogP contribution in [0.1, 0.15) is 41.0 Å². The average Bonchev–Trinajstić information content (AvgIpc) is 1.89. The second kappa shape index (κ2) is 9.36. The topological polar surface area (TPSA) is 37.3 Å². The first-order chi connectivity index (χ1) is 4.72. The number of carboxylic acids is 1. The van der Waals surface area contributed by atoms with Crippen LogP contribution in [0.15, 0.2) is 0 Å². The van der Waals surface area contributed by atoms with Crippen molar-refractivity contribution in [1.29, 1.82) is 0 Å². The molecule has 0 aromatic rings. The Balaban J connectivity index is -0.000000405. The van der Waals surface area contributed by atoms with Gasteiger partial charge < -0.3 is 6.53 Å². The first kappa shape index (κ1) is 14.8. The zero-order valence-corrected chi connectivity index (χ0v) is 12.7. The van der Waals surface area contributed by atoms with Gasteiger partial charge in [-0.3, -0.25) is 4.79 Å². The smallest absolute Gasteiger partial charge is 1.00 e. The normalized spacial score (nSPS) is 11.8. The van der Waals surface area contributed by atoms with Gasteiger partial charge in [0.05, 0.1) is 5.92 Å². The van der Waals surface area contributed by atoms with E-state index in [4.69, 9.17) is 5.11 Å². The Morgan fingerprint density at radius 2 is 2.09 bits per heavy atom. The molecule has 2 nitrogen and oxygen atoms in total. The molecule has 0 saturated carbocycles. The molecule has 1 N–H and O–H groups in total. The van der Waals surface area contributed by atoms with Gasteiger partial charge in [0.1, 0.15) is 0 Å². The van der Waals surface area contributed by atoms with E-state index in [1.807, 2.05) is 6.92 Å². The van der Waals surface area contributed by atoms with E-state index in [9.17, 15) is 4.79 Å². The van der Waals surface area contributed by atoms with E-state index in [0.29, 0.717) is 0 Å². The second-order valence-corrected chi connectivity index (χ2v) is 2.59. The summed E-state index contributed by atoms with van der Waals surface area (Å²) in [7, 11) is 0. The van der Waals surface area contributed by atoms with E-state index < -0.39 is 5.97 Å². The van der Waals surface area contributed by atoms with Crippen LogP contribution in [0.4, 0.5) is 0 Å². The van der Waals surface area contributed by atoms with Crippen molar-refractivity contribution < 1.29 is 69.5 Å². The van der Waals surface area contributed by atoms with Crippen molar-refractivity contribution in [3.05, 3.63) is 0 Å². The molecular formula is C8H17O2Rb. The summed E-state index contributed by atoms with van der Waals surface area (Å²) < 4.78 is 0. The van der Waals surface area contributed by atoms with E-state index in [2.05, 4.69) is 6.92 Å². The molecule has 0 spiro atoms. The fraction of sp³-hybridized carbons (Fsp3) is 0.875. The minimum Gasteiger partial charge on any atom is -1.00 e. The molecule has 0 aliphatic rings. The van der Waals surface area contributed by atoms with Crippen LogP contribution < -0.4 is 58.2 Å². The van der Waals surface area contributed by atoms with Gasteiger partial charge in [0, 0.05) is 0 Å². The minimum absolute atomic E-state index is 0. The number of carbonyl (C=O) groups is 1. The van der Waals surface area contributed by atoms with Gasteiger partial charge >= 0.3 is 64.2 Å². The van der Waals surface area contributed by atoms with Gasteiger partial charge in [-0.1, -0.05) is 26.7 Å². The summed E-state index contributed by atoms with van der Waals surface area (Å²) in [5.41, 5.74) is 0. The molecule has 1 atom stereocenters. The van der Waals surface area contributed by atoms with Crippen LogP contribution >= 0.6 is 0 Å². The molecule has 62 valence electrons. The number of carboxylic acid groups (broad SMARTS) is 1. The number of aliphatic carboxylic acids is 1. The van der Waals surface area contributed by atoms with Gasteiger partial charge in [0.2, 0.25) is 0 Å². The van der Waals surface area contributed by atoms with Crippen molar-refractivity contribution in [3.63, 3.8) is 0 Å². The summed E-state index contributed by atoms with van der Waals surface area (Å²) in [6, 6.07) is 0. The Kier molecular flexibility index (Phi) is 12.6. The molecule has 0 rings (SSSR count). The zero-order chi connectivity index (χ0) is 7.98. The van der Waals surface area contributed by atoms with Crippen molar-refractivity contribution in [2.24, 2.45) is 5.92 Å². The summed E-state index contributed by atoms with van der Waals surface area (Å²) in [6.07, 6.45) is 3.71. The molecule has 0 bridgehead atoms. The van der Waals surface area contributed by atoms with Gasteiger partial charge in [-0.2, -0.15) is 0 Å². The third-order valence-corrected chi connectivity index (χ3v) is 1.75. The van der Waals surface area contributed by atoms with Crippen molar-refractivity contribution >= 4 is 5.97 Å². The van der Waals surface area contributed by atoms with E-state index in [1.165, 1.54) is 0 Å². The van der Waals surface area contributed by atoms with Crippen LogP contribution in [0.3, 0.4) is 0 Å². The molecule has 0 fully saturated rings. The maximum Gasteiger partial charge on any atom is 1.00 e. The second-order valence-electron chi connectivity index (χ2n) is 2.59. The van der Waals surface area contributed by atoms with Crippen molar-refractivity contribution in [2.75, 3.05) is 0 Å². The molecule has 0 aliphatic carbocycles. The van der Waals surface area contributed by atoms with E-state index >= 15 is 0 Å². The van der Waals surface area contributed by atoms with Crippen LogP contribution in [0.25, 0.3) is 0 Å². The number of hydrogen-bond acceptors (Lipinski definition) is 1. The van der Waals surface area contributed by atoms with Gasteiger partial charge in [-0.05, 0) is 12.8 Å². The largest absolute Gasteiger partial charge is 1.00 e. The van der Waals surface area contributed by atoms with Gasteiger partial charge in [-0.25, -0.2) is 0 Å². The average molecular weight is 231 g/mol. The van der Waals surface area contributed by atoms with Gasteiger partial charge in [0.15, 0.2) is 0 Å². The number of unbranched alkanes of at least 4 members (excludes halogenated alkanes) is 1. The third-order valence-electron chi connectivity index (χ3n) is 1.75. The molecule has 0 aliphatic heterocycles. The molecule has 0 aromatic heterocycles. The fourth-order valence-electron chi connectivity index (χ4n) is 0.953. The Morgan fingerprint density at radius 1 is 1.55 bits per heavy atom. The summed E-state index contributed by atoms with van der Waals surface area (Å²) in [4.78, 5) is 10.4.